The number of furan rings is 1. The Morgan fingerprint density at radius 3 is 3.05 bits per heavy atom. The predicted octanol–water partition coefficient (Wildman–Crippen LogP) is 3.68. The van der Waals surface area contributed by atoms with Crippen LogP contribution >= 0.6 is 11.6 Å². The zero-order valence-corrected chi connectivity index (χ0v) is 11.6. The number of carbonyl (C=O) groups is 1. The molecule has 1 heterocycles. The molecule has 0 atom stereocenters. The van der Waals surface area contributed by atoms with Crippen molar-refractivity contribution in [1.82, 2.24) is 5.43 Å². The first-order valence-electron chi connectivity index (χ1n) is 6.00. The lowest BCUT2D eigenvalue weighted by Gasteiger charge is -1.98. The number of nitrogens with one attached hydrogen (secondary N) is 1. The molecular formula is C14H13ClN2O3. The lowest BCUT2D eigenvalue weighted by Crippen LogP contribution is -2.18. The van der Waals surface area contributed by atoms with Gasteiger partial charge in [0.25, 0.3) is 0 Å². The Balaban J connectivity index is 2.02. The smallest absolute Gasteiger partial charge is 0.427 e. The van der Waals surface area contributed by atoms with Crippen molar-refractivity contribution >= 4 is 23.9 Å². The quantitative estimate of drug-likeness (QED) is 0.690. The highest BCUT2D eigenvalue weighted by Crippen LogP contribution is 2.24. The lowest BCUT2D eigenvalue weighted by molar-refractivity contribution is 0.152. The summed E-state index contributed by atoms with van der Waals surface area (Å²) in [5.41, 5.74) is 3.09. The summed E-state index contributed by atoms with van der Waals surface area (Å²) >= 11 is 5.92. The van der Waals surface area contributed by atoms with Gasteiger partial charge in [0.15, 0.2) is 0 Å². The Hall–Kier alpha value is -2.27. The van der Waals surface area contributed by atoms with Crippen LogP contribution in [0.2, 0.25) is 5.02 Å². The number of benzene rings is 1. The molecule has 2 rings (SSSR count). The molecule has 2 aromatic rings. The van der Waals surface area contributed by atoms with Gasteiger partial charge in [-0.05, 0) is 31.2 Å². The minimum absolute atomic E-state index is 0.293. The van der Waals surface area contributed by atoms with E-state index in [4.69, 9.17) is 16.0 Å². The molecule has 0 aliphatic heterocycles. The Bertz CT molecular complexity index is 622. The van der Waals surface area contributed by atoms with E-state index in [1.54, 1.807) is 31.2 Å². The average molecular weight is 293 g/mol. The predicted molar refractivity (Wildman–Crippen MR) is 76.9 cm³/mol. The van der Waals surface area contributed by atoms with Gasteiger partial charge in [-0.25, -0.2) is 10.2 Å². The molecule has 1 N–H and O–H groups in total. The van der Waals surface area contributed by atoms with Gasteiger partial charge >= 0.3 is 6.09 Å². The molecule has 0 spiro atoms. The van der Waals surface area contributed by atoms with E-state index in [1.165, 1.54) is 6.21 Å². The molecule has 0 radical (unpaired) electrons. The highest BCUT2D eigenvalue weighted by molar-refractivity contribution is 6.30. The summed E-state index contributed by atoms with van der Waals surface area (Å²) in [6.07, 6.45) is 0.788. The van der Waals surface area contributed by atoms with E-state index >= 15 is 0 Å². The van der Waals surface area contributed by atoms with Gasteiger partial charge in [-0.15, -0.1) is 0 Å². The molecular weight excluding hydrogens is 280 g/mol. The van der Waals surface area contributed by atoms with E-state index in [-0.39, 0.29) is 0 Å². The summed E-state index contributed by atoms with van der Waals surface area (Å²) in [4.78, 5) is 11.0. The maximum Gasteiger partial charge on any atom is 0.427 e. The molecule has 0 unspecified atom stereocenters. The van der Waals surface area contributed by atoms with E-state index in [0.29, 0.717) is 23.2 Å². The van der Waals surface area contributed by atoms with Gasteiger partial charge in [-0.2, -0.15) is 5.10 Å². The van der Waals surface area contributed by atoms with E-state index in [0.717, 1.165) is 5.56 Å². The minimum Gasteiger partial charge on any atom is -0.455 e. The maximum atomic E-state index is 11.0. The monoisotopic (exact) mass is 292 g/mol. The molecule has 0 bridgehead atoms. The van der Waals surface area contributed by atoms with Crippen LogP contribution < -0.4 is 5.43 Å². The third kappa shape index (κ3) is 3.86. The van der Waals surface area contributed by atoms with Crippen molar-refractivity contribution in [3.8, 4) is 11.3 Å². The number of amides is 1. The molecule has 0 saturated heterocycles. The number of carbonyl (C=O) groups excluding carboxylic acids is 1. The van der Waals surface area contributed by atoms with Crippen LogP contribution in [-0.2, 0) is 4.74 Å². The summed E-state index contributed by atoms with van der Waals surface area (Å²) in [7, 11) is 0. The molecule has 20 heavy (non-hydrogen) atoms. The number of nitrogens with zero attached hydrogens (tertiary/aromatic N) is 1. The summed E-state index contributed by atoms with van der Waals surface area (Å²) in [5, 5.41) is 4.35. The van der Waals surface area contributed by atoms with Gasteiger partial charge in [0.2, 0.25) is 0 Å². The Kier molecular flexibility index (Phi) is 4.79. The van der Waals surface area contributed by atoms with Crippen LogP contribution in [-0.4, -0.2) is 18.9 Å². The molecule has 1 amide bonds. The van der Waals surface area contributed by atoms with Crippen LogP contribution in [0.15, 0.2) is 45.9 Å². The van der Waals surface area contributed by atoms with Crippen LogP contribution in [0.25, 0.3) is 11.3 Å². The van der Waals surface area contributed by atoms with Crippen LogP contribution in [0.3, 0.4) is 0 Å². The van der Waals surface area contributed by atoms with Gasteiger partial charge in [0.05, 0.1) is 12.8 Å². The minimum atomic E-state index is -0.606. The first kappa shape index (κ1) is 14.1. The fourth-order valence-electron chi connectivity index (χ4n) is 1.53. The molecule has 104 valence electrons. The Labute approximate surface area is 121 Å². The lowest BCUT2D eigenvalue weighted by atomic mass is 10.2. The molecule has 0 saturated carbocycles. The zero-order chi connectivity index (χ0) is 14.4. The van der Waals surface area contributed by atoms with Gasteiger partial charge in [0.1, 0.15) is 11.5 Å². The van der Waals surface area contributed by atoms with Crippen molar-refractivity contribution in [3.05, 3.63) is 47.2 Å². The standard InChI is InChI=1S/C14H13ClN2O3/c1-2-19-14(18)17-16-9-12-6-7-13(20-12)10-4-3-5-11(15)8-10/h3-9H,2H2,1H3,(H,17,18). The van der Waals surface area contributed by atoms with Crippen LogP contribution in [0.4, 0.5) is 4.79 Å². The number of hydrogen-bond acceptors (Lipinski definition) is 4. The SMILES string of the molecule is CCOC(=O)NN=Cc1ccc(-c2cccc(Cl)c2)o1. The number of hydrogen-bond donors (Lipinski definition) is 1. The first-order valence-corrected chi connectivity index (χ1v) is 6.38. The fraction of sp³-hybridized carbons (Fsp3) is 0.143. The summed E-state index contributed by atoms with van der Waals surface area (Å²) < 4.78 is 10.2. The number of rotatable bonds is 4. The van der Waals surface area contributed by atoms with Crippen molar-refractivity contribution in [2.24, 2.45) is 5.10 Å². The summed E-state index contributed by atoms with van der Waals surface area (Å²) in [6.45, 7) is 2.01. The second-order valence-electron chi connectivity index (χ2n) is 3.80. The van der Waals surface area contributed by atoms with Gasteiger partial charge in [0, 0.05) is 10.6 Å². The molecule has 1 aromatic heterocycles. The highest BCUT2D eigenvalue weighted by Gasteiger charge is 2.04. The second-order valence-corrected chi connectivity index (χ2v) is 4.24. The number of hydrazone groups is 1. The zero-order valence-electron chi connectivity index (χ0n) is 10.8. The fourth-order valence-corrected chi connectivity index (χ4v) is 1.72. The van der Waals surface area contributed by atoms with Gasteiger partial charge < -0.3 is 9.15 Å². The summed E-state index contributed by atoms with van der Waals surface area (Å²) in [5.74, 6) is 1.18. The molecule has 0 fully saturated rings. The van der Waals surface area contributed by atoms with E-state index in [9.17, 15) is 4.79 Å². The highest BCUT2D eigenvalue weighted by atomic mass is 35.5. The maximum absolute atomic E-state index is 11.0. The molecule has 0 aliphatic rings. The van der Waals surface area contributed by atoms with Crippen molar-refractivity contribution in [3.63, 3.8) is 0 Å². The van der Waals surface area contributed by atoms with Crippen LogP contribution in [0.5, 0.6) is 0 Å². The topological polar surface area (TPSA) is 63.8 Å². The third-order valence-electron chi connectivity index (χ3n) is 2.36. The Morgan fingerprint density at radius 1 is 1.45 bits per heavy atom. The van der Waals surface area contributed by atoms with Crippen molar-refractivity contribution < 1.29 is 13.9 Å². The normalized spacial score (nSPS) is 10.7. The van der Waals surface area contributed by atoms with E-state index in [2.05, 4.69) is 15.3 Å². The van der Waals surface area contributed by atoms with Crippen molar-refractivity contribution in [1.29, 1.82) is 0 Å². The number of halogens is 1. The van der Waals surface area contributed by atoms with Crippen LogP contribution in [0.1, 0.15) is 12.7 Å². The van der Waals surface area contributed by atoms with Gasteiger partial charge in [-0.1, -0.05) is 23.7 Å². The van der Waals surface area contributed by atoms with Gasteiger partial charge in [-0.3, -0.25) is 0 Å². The van der Waals surface area contributed by atoms with E-state index in [1.807, 2.05) is 12.1 Å². The third-order valence-corrected chi connectivity index (χ3v) is 2.59. The molecule has 0 aliphatic carbocycles. The first-order chi connectivity index (χ1) is 9.69. The number of ether oxygens (including phenoxy) is 1. The van der Waals surface area contributed by atoms with Crippen molar-refractivity contribution in [2.75, 3.05) is 6.61 Å². The van der Waals surface area contributed by atoms with Crippen LogP contribution in [0, 0.1) is 0 Å². The van der Waals surface area contributed by atoms with E-state index < -0.39 is 6.09 Å². The Morgan fingerprint density at radius 2 is 2.30 bits per heavy atom. The molecule has 1 aromatic carbocycles. The summed E-state index contributed by atoms with van der Waals surface area (Å²) in [6, 6.07) is 10.9. The molecule has 6 heteroatoms. The second kappa shape index (κ2) is 6.77. The average Bonchev–Trinajstić information content (AvgIpc) is 2.88. The molecule has 5 nitrogen and oxygen atoms in total. The van der Waals surface area contributed by atoms with Crippen molar-refractivity contribution in [2.45, 2.75) is 6.92 Å². The largest absolute Gasteiger partial charge is 0.455 e.